The number of carbonyl (C=O) groups is 3. The van der Waals surface area contributed by atoms with Crippen LogP contribution in [0.2, 0.25) is 0 Å². The number of hydrogen-bond acceptors (Lipinski definition) is 4. The van der Waals surface area contributed by atoms with Crippen molar-refractivity contribution in [3.63, 3.8) is 0 Å². The molecule has 0 saturated heterocycles. The second kappa shape index (κ2) is 14.6. The standard InChI is InChI=1S/C36H39FN4O3/c1-24(38)28-14-10-15-30(22-28)35(43)41(4)33(21-25-17-19-27(20-18-25)26-11-6-5-7-12-26)36(44)40(3)32(34(42)39-2)23-29-13-8-9-16-31(29)37/h5-20,22,24,32-33H,21,23,38H2,1-4H3,(H,39,42)/t24?,32?,33-/m1/s1. The summed E-state index contributed by atoms with van der Waals surface area (Å²) in [5.74, 6) is -1.70. The van der Waals surface area contributed by atoms with E-state index < -0.39 is 29.7 Å². The van der Waals surface area contributed by atoms with Crippen LogP contribution in [0.5, 0.6) is 0 Å². The lowest BCUT2D eigenvalue weighted by molar-refractivity contribution is -0.142. The van der Waals surface area contributed by atoms with Gasteiger partial charge in [0.15, 0.2) is 0 Å². The van der Waals surface area contributed by atoms with Crippen LogP contribution in [-0.4, -0.2) is 60.7 Å². The van der Waals surface area contributed by atoms with Crippen molar-refractivity contribution in [1.82, 2.24) is 15.1 Å². The number of nitrogens with one attached hydrogen (secondary N) is 1. The lowest BCUT2D eigenvalue weighted by atomic mass is 9.97. The first-order valence-corrected chi connectivity index (χ1v) is 14.6. The van der Waals surface area contributed by atoms with Gasteiger partial charge in [0.2, 0.25) is 11.8 Å². The molecule has 0 aliphatic heterocycles. The molecule has 0 fully saturated rings. The van der Waals surface area contributed by atoms with Gasteiger partial charge in [0.25, 0.3) is 5.91 Å². The smallest absolute Gasteiger partial charge is 0.254 e. The van der Waals surface area contributed by atoms with Crippen LogP contribution in [0.4, 0.5) is 4.39 Å². The van der Waals surface area contributed by atoms with Crippen LogP contribution in [0.3, 0.4) is 0 Å². The van der Waals surface area contributed by atoms with E-state index in [4.69, 9.17) is 5.73 Å². The minimum atomic E-state index is -1.00. The zero-order valence-corrected chi connectivity index (χ0v) is 25.5. The molecule has 8 heteroatoms. The van der Waals surface area contributed by atoms with Crippen molar-refractivity contribution in [3.8, 4) is 11.1 Å². The summed E-state index contributed by atoms with van der Waals surface area (Å²) in [6.45, 7) is 1.84. The molecule has 4 aromatic carbocycles. The fourth-order valence-electron chi connectivity index (χ4n) is 5.21. The number of carbonyl (C=O) groups excluding carboxylic acids is 3. The number of benzene rings is 4. The number of halogens is 1. The van der Waals surface area contributed by atoms with Gasteiger partial charge in [-0.15, -0.1) is 0 Å². The molecule has 0 heterocycles. The number of amides is 3. The molecule has 3 N–H and O–H groups in total. The van der Waals surface area contributed by atoms with Crippen molar-refractivity contribution in [1.29, 1.82) is 0 Å². The Kier molecular flexibility index (Phi) is 10.6. The molecular formula is C36H39FN4O3. The molecule has 0 aliphatic rings. The van der Waals surface area contributed by atoms with Crippen molar-refractivity contribution in [2.24, 2.45) is 5.73 Å². The zero-order valence-electron chi connectivity index (χ0n) is 25.5. The van der Waals surface area contributed by atoms with Crippen LogP contribution in [0.25, 0.3) is 11.1 Å². The third kappa shape index (κ3) is 7.57. The lowest BCUT2D eigenvalue weighted by Gasteiger charge is -2.34. The molecule has 3 atom stereocenters. The predicted molar refractivity (Wildman–Crippen MR) is 171 cm³/mol. The first-order valence-electron chi connectivity index (χ1n) is 14.6. The molecule has 0 aromatic heterocycles. The van der Waals surface area contributed by atoms with E-state index in [1.165, 1.54) is 30.0 Å². The summed E-state index contributed by atoms with van der Waals surface area (Å²) in [4.78, 5) is 43.8. The normalized spacial score (nSPS) is 13.0. The molecule has 4 rings (SSSR count). The van der Waals surface area contributed by atoms with Crippen LogP contribution >= 0.6 is 0 Å². The topological polar surface area (TPSA) is 95.7 Å². The number of rotatable bonds is 11. The van der Waals surface area contributed by atoms with E-state index in [-0.39, 0.29) is 24.8 Å². The van der Waals surface area contributed by atoms with Gasteiger partial charge < -0.3 is 20.9 Å². The van der Waals surface area contributed by atoms with Gasteiger partial charge in [-0.2, -0.15) is 0 Å². The summed E-state index contributed by atoms with van der Waals surface area (Å²) < 4.78 is 14.6. The molecule has 0 saturated carbocycles. The van der Waals surface area contributed by atoms with E-state index in [2.05, 4.69) is 5.32 Å². The van der Waals surface area contributed by atoms with Crippen molar-refractivity contribution in [2.45, 2.75) is 37.9 Å². The summed E-state index contributed by atoms with van der Waals surface area (Å²) >= 11 is 0. The third-order valence-electron chi connectivity index (χ3n) is 7.96. The summed E-state index contributed by atoms with van der Waals surface area (Å²) in [6, 6.07) is 28.8. The fourth-order valence-corrected chi connectivity index (χ4v) is 5.21. The Bertz CT molecular complexity index is 1590. The molecule has 0 aliphatic carbocycles. The van der Waals surface area contributed by atoms with Gasteiger partial charge in [-0.1, -0.05) is 84.9 Å². The highest BCUT2D eigenvalue weighted by Gasteiger charge is 2.35. The Morgan fingerprint density at radius 2 is 1.41 bits per heavy atom. The summed E-state index contributed by atoms with van der Waals surface area (Å²) in [6.07, 6.45) is 0.175. The van der Waals surface area contributed by atoms with E-state index in [1.54, 1.807) is 43.4 Å². The Hall–Kier alpha value is -4.82. The Morgan fingerprint density at radius 1 is 0.773 bits per heavy atom. The zero-order chi connectivity index (χ0) is 31.8. The Morgan fingerprint density at radius 3 is 2.05 bits per heavy atom. The fraction of sp³-hybridized carbons (Fsp3) is 0.250. The minimum absolute atomic E-state index is 0.0266. The van der Waals surface area contributed by atoms with E-state index in [9.17, 15) is 18.8 Å². The van der Waals surface area contributed by atoms with E-state index in [0.29, 0.717) is 11.1 Å². The molecule has 44 heavy (non-hydrogen) atoms. The maximum absolute atomic E-state index is 14.6. The maximum Gasteiger partial charge on any atom is 0.254 e. The maximum atomic E-state index is 14.6. The third-order valence-corrected chi connectivity index (χ3v) is 7.96. The highest BCUT2D eigenvalue weighted by molar-refractivity contribution is 5.98. The quantitative estimate of drug-likeness (QED) is 0.255. The first kappa shape index (κ1) is 32.1. The summed E-state index contributed by atoms with van der Waals surface area (Å²) in [5, 5.41) is 2.60. The number of nitrogens with zero attached hydrogens (tertiary/aromatic N) is 2. The largest absolute Gasteiger partial charge is 0.357 e. The molecule has 228 valence electrons. The lowest BCUT2D eigenvalue weighted by Crippen LogP contribution is -2.55. The van der Waals surface area contributed by atoms with Gasteiger partial charge in [0.05, 0.1) is 0 Å². The van der Waals surface area contributed by atoms with Crippen molar-refractivity contribution < 1.29 is 18.8 Å². The Labute approximate surface area is 258 Å². The van der Waals surface area contributed by atoms with Gasteiger partial charge >= 0.3 is 0 Å². The summed E-state index contributed by atoms with van der Waals surface area (Å²) in [7, 11) is 4.58. The number of hydrogen-bond donors (Lipinski definition) is 2. The Balaban J connectivity index is 1.68. The SMILES string of the molecule is CNC(=O)C(Cc1ccccc1F)N(C)C(=O)[C@@H](Cc1ccc(-c2ccccc2)cc1)N(C)C(=O)c1cccc(C(C)N)c1. The monoisotopic (exact) mass is 594 g/mol. The number of likely N-dealkylation sites (N-methyl/N-ethyl adjacent to an activating group) is 3. The van der Waals surface area contributed by atoms with Gasteiger partial charge in [-0.3, -0.25) is 14.4 Å². The molecule has 7 nitrogen and oxygen atoms in total. The van der Waals surface area contributed by atoms with Gasteiger partial charge in [0, 0.05) is 45.6 Å². The molecule has 4 aromatic rings. The molecular weight excluding hydrogens is 555 g/mol. The second-order valence-electron chi connectivity index (χ2n) is 11.0. The average molecular weight is 595 g/mol. The van der Waals surface area contributed by atoms with E-state index in [0.717, 1.165) is 22.3 Å². The van der Waals surface area contributed by atoms with E-state index in [1.807, 2.05) is 67.6 Å². The van der Waals surface area contributed by atoms with Crippen LogP contribution in [-0.2, 0) is 22.4 Å². The molecule has 0 bridgehead atoms. The molecule has 0 radical (unpaired) electrons. The highest BCUT2D eigenvalue weighted by atomic mass is 19.1. The second-order valence-corrected chi connectivity index (χ2v) is 11.0. The van der Waals surface area contributed by atoms with E-state index >= 15 is 0 Å². The highest BCUT2D eigenvalue weighted by Crippen LogP contribution is 2.23. The predicted octanol–water partition coefficient (Wildman–Crippen LogP) is 5.01. The van der Waals surface area contributed by atoms with Gasteiger partial charge in [-0.25, -0.2) is 4.39 Å². The van der Waals surface area contributed by atoms with Crippen LogP contribution in [0, 0.1) is 5.82 Å². The average Bonchev–Trinajstić information content (AvgIpc) is 3.06. The number of nitrogens with two attached hydrogens (primary N) is 1. The van der Waals surface area contributed by atoms with Crippen molar-refractivity contribution in [3.05, 3.63) is 131 Å². The molecule has 2 unspecified atom stereocenters. The molecule has 0 spiro atoms. The first-order chi connectivity index (χ1) is 21.1. The van der Waals surface area contributed by atoms with Crippen molar-refractivity contribution in [2.75, 3.05) is 21.1 Å². The van der Waals surface area contributed by atoms with Crippen LogP contribution < -0.4 is 11.1 Å². The van der Waals surface area contributed by atoms with Crippen LogP contribution in [0.1, 0.15) is 40.0 Å². The molecule has 3 amide bonds. The van der Waals surface area contributed by atoms with Crippen LogP contribution in [0.15, 0.2) is 103 Å². The van der Waals surface area contributed by atoms with Gasteiger partial charge in [0.1, 0.15) is 17.9 Å². The summed E-state index contributed by atoms with van der Waals surface area (Å²) in [5.41, 5.74) is 10.5. The van der Waals surface area contributed by atoms with Gasteiger partial charge in [-0.05, 0) is 52.9 Å². The minimum Gasteiger partial charge on any atom is -0.357 e. The van der Waals surface area contributed by atoms with Crippen molar-refractivity contribution >= 4 is 17.7 Å².